The summed E-state index contributed by atoms with van der Waals surface area (Å²) in [6, 6.07) is 10.1. The van der Waals surface area contributed by atoms with Gasteiger partial charge in [0.25, 0.3) is 15.9 Å². The number of amides is 2. The molecule has 28 heavy (non-hydrogen) atoms. The second-order valence-corrected chi connectivity index (χ2v) is 10.1. The lowest BCUT2D eigenvalue weighted by Crippen LogP contribution is -2.43. The third-order valence-electron chi connectivity index (χ3n) is 4.72. The zero-order chi connectivity index (χ0) is 20.3. The van der Waals surface area contributed by atoms with E-state index in [1.54, 1.807) is 36.4 Å². The zero-order valence-electron chi connectivity index (χ0n) is 15.8. The lowest BCUT2D eigenvalue weighted by molar-refractivity contribution is -0.120. The fourth-order valence-corrected chi connectivity index (χ4v) is 6.17. The quantitative estimate of drug-likeness (QED) is 0.775. The zero-order valence-corrected chi connectivity index (χ0v) is 17.4. The molecule has 150 valence electrons. The Bertz CT molecular complexity index is 985. The number of nitrogens with zero attached hydrogens (tertiary/aromatic N) is 1. The highest BCUT2D eigenvalue weighted by Crippen LogP contribution is 2.29. The maximum Gasteiger partial charge on any atom is 0.253 e. The van der Waals surface area contributed by atoms with Gasteiger partial charge in [-0.25, -0.2) is 8.42 Å². The summed E-state index contributed by atoms with van der Waals surface area (Å²) in [6.07, 6.45) is 1.21. The predicted molar refractivity (Wildman–Crippen MR) is 109 cm³/mol. The van der Waals surface area contributed by atoms with Gasteiger partial charge in [0, 0.05) is 25.0 Å². The molecule has 1 unspecified atom stereocenters. The molecule has 0 aliphatic carbocycles. The van der Waals surface area contributed by atoms with Crippen LogP contribution >= 0.6 is 11.3 Å². The summed E-state index contributed by atoms with van der Waals surface area (Å²) in [7, 11) is -2.07. The van der Waals surface area contributed by atoms with Gasteiger partial charge in [-0.05, 0) is 44.0 Å². The van der Waals surface area contributed by atoms with E-state index in [2.05, 4.69) is 10.6 Å². The van der Waals surface area contributed by atoms with Crippen molar-refractivity contribution in [3.8, 4) is 0 Å². The van der Waals surface area contributed by atoms with E-state index in [-0.39, 0.29) is 18.4 Å². The first-order valence-corrected chi connectivity index (χ1v) is 11.3. The highest BCUT2D eigenvalue weighted by molar-refractivity contribution is 7.91. The average molecular weight is 422 g/mol. The van der Waals surface area contributed by atoms with Crippen molar-refractivity contribution in [3.05, 3.63) is 46.8 Å². The van der Waals surface area contributed by atoms with Gasteiger partial charge in [-0.2, -0.15) is 4.31 Å². The first-order chi connectivity index (χ1) is 13.3. The van der Waals surface area contributed by atoms with Gasteiger partial charge in [0.15, 0.2) is 0 Å². The van der Waals surface area contributed by atoms with Crippen LogP contribution in [0, 0.1) is 12.8 Å². The first-order valence-electron chi connectivity index (χ1n) is 9.01. The summed E-state index contributed by atoms with van der Waals surface area (Å²) in [4.78, 5) is 25.7. The molecule has 1 saturated heterocycles. The van der Waals surface area contributed by atoms with Gasteiger partial charge in [0.2, 0.25) is 5.91 Å². The summed E-state index contributed by atoms with van der Waals surface area (Å²) < 4.78 is 27.4. The number of sulfonamides is 1. The van der Waals surface area contributed by atoms with E-state index in [1.165, 1.54) is 22.7 Å². The lowest BCUT2D eigenvalue weighted by atomic mass is 9.98. The third-order valence-corrected chi connectivity index (χ3v) is 8.05. The fraction of sp³-hybridized carbons (Fsp3) is 0.368. The smallest absolute Gasteiger partial charge is 0.253 e. The molecule has 2 aromatic rings. The molecule has 0 saturated carbocycles. The van der Waals surface area contributed by atoms with Gasteiger partial charge in [-0.1, -0.05) is 12.1 Å². The molecule has 2 amide bonds. The molecule has 0 bridgehead atoms. The van der Waals surface area contributed by atoms with Crippen molar-refractivity contribution in [1.29, 1.82) is 0 Å². The van der Waals surface area contributed by atoms with E-state index in [1.807, 2.05) is 6.92 Å². The summed E-state index contributed by atoms with van der Waals surface area (Å²) in [5, 5.41) is 5.34. The van der Waals surface area contributed by atoms with Crippen LogP contribution in [0.4, 0.5) is 5.69 Å². The normalized spacial score (nSPS) is 17.9. The van der Waals surface area contributed by atoms with Crippen LogP contribution < -0.4 is 10.6 Å². The molecule has 0 radical (unpaired) electrons. The monoisotopic (exact) mass is 421 g/mol. The summed E-state index contributed by atoms with van der Waals surface area (Å²) in [5.74, 6) is -1.04. The SMILES string of the molecule is CNC(=O)c1ccccc1NC(=O)C1CCCN(S(=O)(=O)c2ccc(C)s2)C1. The molecule has 0 spiro atoms. The largest absolute Gasteiger partial charge is 0.355 e. The number of carbonyl (C=O) groups is 2. The number of thiophene rings is 1. The predicted octanol–water partition coefficient (Wildman–Crippen LogP) is 2.46. The highest BCUT2D eigenvalue weighted by atomic mass is 32.2. The van der Waals surface area contributed by atoms with Crippen LogP contribution in [-0.2, 0) is 14.8 Å². The number of aryl methyl sites for hydroxylation is 1. The summed E-state index contributed by atoms with van der Waals surface area (Å²) in [5.41, 5.74) is 0.786. The standard InChI is InChI=1S/C19H23N3O4S2/c1-13-9-10-17(27-13)28(25,26)22-11-5-6-14(12-22)18(23)21-16-8-4-3-7-15(16)19(24)20-2/h3-4,7-10,14H,5-6,11-12H2,1-2H3,(H,20,24)(H,21,23). The molecule has 1 atom stereocenters. The van der Waals surface area contributed by atoms with Crippen molar-refractivity contribution >= 4 is 38.9 Å². The molecule has 1 aromatic carbocycles. The van der Waals surface area contributed by atoms with Crippen molar-refractivity contribution in [3.63, 3.8) is 0 Å². The number of benzene rings is 1. The number of para-hydroxylation sites is 1. The molecule has 9 heteroatoms. The number of piperidine rings is 1. The van der Waals surface area contributed by atoms with Crippen LogP contribution in [-0.4, -0.2) is 44.7 Å². The van der Waals surface area contributed by atoms with Crippen molar-refractivity contribution in [2.75, 3.05) is 25.5 Å². The minimum absolute atomic E-state index is 0.132. The maximum atomic E-state index is 12.9. The molecule has 3 rings (SSSR count). The van der Waals surface area contributed by atoms with E-state index in [4.69, 9.17) is 0 Å². The number of hydrogen-bond acceptors (Lipinski definition) is 5. The molecular weight excluding hydrogens is 398 g/mol. The van der Waals surface area contributed by atoms with Gasteiger partial charge in [-0.3, -0.25) is 9.59 Å². The minimum atomic E-state index is -3.60. The number of nitrogens with one attached hydrogen (secondary N) is 2. The number of anilines is 1. The van der Waals surface area contributed by atoms with Gasteiger partial charge < -0.3 is 10.6 Å². The number of hydrogen-bond donors (Lipinski definition) is 2. The van der Waals surface area contributed by atoms with E-state index >= 15 is 0 Å². The Hall–Kier alpha value is -2.23. The second kappa shape index (κ2) is 8.42. The Labute approximate surface area is 168 Å². The maximum absolute atomic E-state index is 12.9. The third kappa shape index (κ3) is 4.26. The van der Waals surface area contributed by atoms with E-state index in [9.17, 15) is 18.0 Å². The molecule has 1 aliphatic rings. The Morgan fingerprint density at radius 1 is 1.18 bits per heavy atom. The van der Waals surface area contributed by atoms with E-state index < -0.39 is 15.9 Å². The van der Waals surface area contributed by atoms with Crippen LogP contribution in [0.25, 0.3) is 0 Å². The Morgan fingerprint density at radius 3 is 2.61 bits per heavy atom. The minimum Gasteiger partial charge on any atom is -0.355 e. The van der Waals surface area contributed by atoms with Crippen LogP contribution in [0.1, 0.15) is 28.1 Å². The average Bonchev–Trinajstić information content (AvgIpc) is 3.15. The van der Waals surface area contributed by atoms with Crippen LogP contribution in [0.3, 0.4) is 0 Å². The Morgan fingerprint density at radius 2 is 1.93 bits per heavy atom. The highest BCUT2D eigenvalue weighted by Gasteiger charge is 2.34. The molecule has 1 aliphatic heterocycles. The molecule has 2 heterocycles. The first kappa shape index (κ1) is 20.5. The summed E-state index contributed by atoms with van der Waals surface area (Å²) in [6.45, 7) is 2.39. The Kier molecular flexibility index (Phi) is 6.17. The van der Waals surface area contributed by atoms with Gasteiger partial charge >= 0.3 is 0 Å². The molecule has 7 nitrogen and oxygen atoms in total. The fourth-order valence-electron chi connectivity index (χ4n) is 3.21. The van der Waals surface area contributed by atoms with Crippen molar-refractivity contribution in [2.45, 2.75) is 24.0 Å². The number of rotatable bonds is 5. The van der Waals surface area contributed by atoms with Crippen molar-refractivity contribution < 1.29 is 18.0 Å². The molecule has 1 aromatic heterocycles. The summed E-state index contributed by atoms with van der Waals surface area (Å²) >= 11 is 1.23. The van der Waals surface area contributed by atoms with Crippen molar-refractivity contribution in [2.24, 2.45) is 5.92 Å². The molecular formula is C19H23N3O4S2. The van der Waals surface area contributed by atoms with Crippen molar-refractivity contribution in [1.82, 2.24) is 9.62 Å². The second-order valence-electron chi connectivity index (χ2n) is 6.68. The lowest BCUT2D eigenvalue weighted by Gasteiger charge is -2.31. The van der Waals surface area contributed by atoms with Crippen LogP contribution in [0.5, 0.6) is 0 Å². The molecule has 2 N–H and O–H groups in total. The van der Waals surface area contributed by atoms with Gasteiger partial charge in [0.1, 0.15) is 4.21 Å². The topological polar surface area (TPSA) is 95.6 Å². The van der Waals surface area contributed by atoms with Gasteiger partial charge in [-0.15, -0.1) is 11.3 Å². The van der Waals surface area contributed by atoms with Crippen LogP contribution in [0.2, 0.25) is 0 Å². The van der Waals surface area contributed by atoms with E-state index in [0.29, 0.717) is 34.8 Å². The van der Waals surface area contributed by atoms with Gasteiger partial charge in [0.05, 0.1) is 17.2 Å². The molecule has 1 fully saturated rings. The number of carbonyl (C=O) groups excluding carboxylic acids is 2. The van der Waals surface area contributed by atoms with E-state index in [0.717, 1.165) is 4.88 Å². The van der Waals surface area contributed by atoms with Crippen LogP contribution in [0.15, 0.2) is 40.6 Å². The Balaban J connectivity index is 1.74.